The molecule has 0 spiro atoms. The number of aliphatic hydroxyl groups excluding tert-OH is 1. The van der Waals surface area contributed by atoms with Crippen LogP contribution in [0.2, 0.25) is 0 Å². The van der Waals surface area contributed by atoms with Crippen LogP contribution in [0.15, 0.2) is 53.1 Å². The van der Waals surface area contributed by atoms with Crippen molar-refractivity contribution in [2.24, 2.45) is 4.99 Å². The van der Waals surface area contributed by atoms with Crippen LogP contribution in [0.25, 0.3) is 0 Å². The summed E-state index contributed by atoms with van der Waals surface area (Å²) in [5.41, 5.74) is 1.87. The van der Waals surface area contributed by atoms with E-state index in [9.17, 15) is 19.1 Å². The van der Waals surface area contributed by atoms with Crippen LogP contribution >= 0.6 is 15.2 Å². The van der Waals surface area contributed by atoms with E-state index in [0.717, 1.165) is 11.3 Å². The van der Waals surface area contributed by atoms with Crippen molar-refractivity contribution in [3.8, 4) is 0 Å². The van der Waals surface area contributed by atoms with Gasteiger partial charge in [0.2, 0.25) is 0 Å². The van der Waals surface area contributed by atoms with Gasteiger partial charge in [0.25, 0.3) is 0 Å². The molecule has 0 radical (unpaired) electrons. The Labute approximate surface area is 192 Å². The number of nitrogens with one attached hydrogen (secondary N) is 2. The topological polar surface area (TPSA) is 173 Å². The maximum absolute atomic E-state index is 11.9. The molecular weight excluding hydrogens is 474 g/mol. The van der Waals surface area contributed by atoms with Crippen molar-refractivity contribution in [3.63, 3.8) is 0 Å². The fourth-order valence-electron chi connectivity index (χ4n) is 3.76. The van der Waals surface area contributed by atoms with E-state index in [-0.39, 0.29) is 13.0 Å². The smallest absolute Gasteiger partial charge is 0.340 e. The number of nitrogens with zero attached hydrogens (tertiary/aromatic N) is 2. The molecule has 3 rings (SSSR count). The number of hydrogen-bond acceptors (Lipinski definition) is 9. The third-order valence-electron chi connectivity index (χ3n) is 5.22. The molecule has 1 fully saturated rings. The van der Waals surface area contributed by atoms with Crippen molar-refractivity contribution in [1.82, 2.24) is 15.5 Å². The second kappa shape index (κ2) is 10.7. The van der Waals surface area contributed by atoms with Crippen LogP contribution < -0.4 is 10.6 Å². The minimum atomic E-state index is -4.71. The van der Waals surface area contributed by atoms with E-state index in [4.69, 9.17) is 19.0 Å². The summed E-state index contributed by atoms with van der Waals surface area (Å²) in [6, 6.07) is 0. The number of aliphatic imine (C=N–C) groups is 1. The summed E-state index contributed by atoms with van der Waals surface area (Å²) in [6.07, 6.45) is 8.52. The standard InChI is InChI=1S/C19H30N4O8P2/c1-3-5-13(4-2)9-21-18-15-10-22-19(23(15)7-6-20-18)17-16(24)8-14(31-17)11-30-33(28,29)12-32(25,26)27/h3-7,10,14,16-17,19,22,24H,8-9,11-12H2,1-2H3,(H,20,21)(H,28,29)(H2,25,26,27)/b5-3-,13-4+/t14-,16+,17+,19?/m0/s1. The Hall–Kier alpha value is -1.75. The van der Waals surface area contributed by atoms with Gasteiger partial charge >= 0.3 is 15.2 Å². The molecule has 0 saturated carbocycles. The monoisotopic (exact) mass is 504 g/mol. The lowest BCUT2D eigenvalue weighted by atomic mass is 10.1. The third-order valence-corrected chi connectivity index (χ3v) is 8.68. The number of allylic oxidation sites excluding steroid dienone is 2. The molecule has 12 nitrogen and oxygen atoms in total. The summed E-state index contributed by atoms with van der Waals surface area (Å²) in [5, 5.41) is 17.0. The van der Waals surface area contributed by atoms with Gasteiger partial charge in [0.15, 0.2) is 11.7 Å². The highest BCUT2D eigenvalue weighted by Gasteiger charge is 2.45. The molecule has 0 aromatic heterocycles. The zero-order valence-corrected chi connectivity index (χ0v) is 20.1. The lowest BCUT2D eigenvalue weighted by Gasteiger charge is -2.33. The predicted molar refractivity (Wildman–Crippen MR) is 122 cm³/mol. The summed E-state index contributed by atoms with van der Waals surface area (Å²) in [5.74, 6) is -0.616. The first-order valence-electron chi connectivity index (χ1n) is 10.4. The van der Waals surface area contributed by atoms with Gasteiger partial charge in [-0.05, 0) is 19.4 Å². The Bertz CT molecular complexity index is 973. The molecule has 3 aliphatic heterocycles. The summed E-state index contributed by atoms with van der Waals surface area (Å²) in [4.78, 5) is 33.7. The molecule has 3 heterocycles. The van der Waals surface area contributed by atoms with Crippen LogP contribution in [0.1, 0.15) is 20.3 Å². The highest BCUT2D eigenvalue weighted by atomic mass is 31.2. The van der Waals surface area contributed by atoms with Crippen molar-refractivity contribution < 1.29 is 38.2 Å². The maximum atomic E-state index is 11.9. The Kier molecular flexibility index (Phi) is 8.36. The first-order chi connectivity index (χ1) is 15.5. The van der Waals surface area contributed by atoms with Crippen molar-refractivity contribution in [1.29, 1.82) is 0 Å². The van der Waals surface area contributed by atoms with Crippen molar-refractivity contribution in [2.75, 3.05) is 19.1 Å². The quantitative estimate of drug-likeness (QED) is 0.195. The van der Waals surface area contributed by atoms with Gasteiger partial charge in [0.05, 0.1) is 18.8 Å². The van der Waals surface area contributed by atoms with Gasteiger partial charge in [0.1, 0.15) is 18.0 Å². The molecule has 14 heteroatoms. The molecule has 0 amide bonds. The molecule has 2 unspecified atom stereocenters. The zero-order valence-electron chi connectivity index (χ0n) is 18.3. The van der Waals surface area contributed by atoms with Gasteiger partial charge in [-0.25, -0.2) is 4.99 Å². The molecule has 5 atom stereocenters. The predicted octanol–water partition coefficient (Wildman–Crippen LogP) is 0.910. The molecule has 3 aliphatic rings. The molecule has 0 aliphatic carbocycles. The molecule has 0 aromatic rings. The summed E-state index contributed by atoms with van der Waals surface area (Å²) in [7, 11) is -9.21. The minimum absolute atomic E-state index is 0.138. The summed E-state index contributed by atoms with van der Waals surface area (Å²) < 4.78 is 33.5. The molecule has 33 heavy (non-hydrogen) atoms. The van der Waals surface area contributed by atoms with Crippen molar-refractivity contribution in [2.45, 2.75) is 44.7 Å². The molecule has 1 saturated heterocycles. The Balaban J connectivity index is 1.58. The lowest BCUT2D eigenvalue weighted by Crippen LogP contribution is -2.50. The lowest BCUT2D eigenvalue weighted by molar-refractivity contribution is -0.0416. The SMILES string of the molecule is C/C=C\C(=C/C)CNC1=NC=CN2C1=CNC2[C@@H]1O[C@H](COP(=O)(O)CP(=O)(O)O)C[C@H]1O. The molecule has 6 N–H and O–H groups in total. The second-order valence-electron chi connectivity index (χ2n) is 7.81. The number of rotatable bonds is 9. The average Bonchev–Trinajstić information content (AvgIpc) is 3.31. The van der Waals surface area contributed by atoms with E-state index in [2.05, 4.69) is 15.6 Å². The fraction of sp³-hybridized carbons (Fsp3) is 0.526. The van der Waals surface area contributed by atoms with Crippen LogP contribution in [-0.2, 0) is 18.4 Å². The number of hydrogen-bond donors (Lipinski definition) is 6. The van der Waals surface area contributed by atoms with E-state index in [1.807, 2.05) is 37.0 Å². The van der Waals surface area contributed by atoms with Gasteiger partial charge in [0, 0.05) is 31.6 Å². The van der Waals surface area contributed by atoms with Crippen molar-refractivity contribution in [3.05, 3.63) is 48.1 Å². The van der Waals surface area contributed by atoms with E-state index in [1.54, 1.807) is 18.6 Å². The first-order valence-corrected chi connectivity index (χ1v) is 13.9. The molecule has 184 valence electrons. The van der Waals surface area contributed by atoms with Gasteiger partial charge < -0.3 is 44.6 Å². The number of ether oxygens (including phenoxy) is 1. The van der Waals surface area contributed by atoms with E-state index >= 15 is 0 Å². The van der Waals surface area contributed by atoms with Crippen LogP contribution in [-0.4, -0.2) is 74.1 Å². The van der Waals surface area contributed by atoms with Crippen LogP contribution in [0.3, 0.4) is 0 Å². The van der Waals surface area contributed by atoms with Crippen LogP contribution in [0, 0.1) is 0 Å². The molecule has 0 bridgehead atoms. The highest BCUT2D eigenvalue weighted by Crippen LogP contribution is 2.55. The van der Waals surface area contributed by atoms with E-state index in [1.165, 1.54) is 0 Å². The summed E-state index contributed by atoms with van der Waals surface area (Å²) >= 11 is 0. The van der Waals surface area contributed by atoms with Gasteiger partial charge in [-0.3, -0.25) is 9.13 Å². The summed E-state index contributed by atoms with van der Waals surface area (Å²) in [6.45, 7) is 4.11. The average molecular weight is 504 g/mol. The maximum Gasteiger partial charge on any atom is 0.340 e. The second-order valence-corrected chi connectivity index (χ2v) is 11.8. The highest BCUT2D eigenvalue weighted by molar-refractivity contribution is 7.70. The normalized spacial score (nSPS) is 29.5. The Morgan fingerprint density at radius 3 is 2.82 bits per heavy atom. The third kappa shape index (κ3) is 6.88. The van der Waals surface area contributed by atoms with Crippen LogP contribution in [0.4, 0.5) is 0 Å². The Morgan fingerprint density at radius 2 is 2.15 bits per heavy atom. The number of amidine groups is 1. The van der Waals surface area contributed by atoms with Gasteiger partial charge in [-0.1, -0.05) is 18.2 Å². The molecule has 0 aromatic carbocycles. The first kappa shape index (κ1) is 25.9. The molecular formula is C19H30N4O8P2. The van der Waals surface area contributed by atoms with Gasteiger partial charge in [-0.2, -0.15) is 0 Å². The minimum Gasteiger partial charge on any atom is -0.390 e. The number of fused-ring (bicyclic) bond motifs is 1. The fourth-order valence-corrected chi connectivity index (χ4v) is 6.35. The van der Waals surface area contributed by atoms with E-state index < -0.39 is 45.6 Å². The largest absolute Gasteiger partial charge is 0.390 e. The van der Waals surface area contributed by atoms with E-state index in [0.29, 0.717) is 12.4 Å². The Morgan fingerprint density at radius 1 is 1.39 bits per heavy atom. The van der Waals surface area contributed by atoms with Crippen molar-refractivity contribution >= 4 is 21.0 Å². The number of aliphatic hydroxyl groups is 1. The van der Waals surface area contributed by atoms with Crippen LogP contribution in [0.5, 0.6) is 0 Å². The zero-order chi connectivity index (χ0) is 24.2. The van der Waals surface area contributed by atoms with Gasteiger partial charge in [-0.15, -0.1) is 0 Å².